The number of benzene rings is 12. The van der Waals surface area contributed by atoms with Crippen molar-refractivity contribution in [2.75, 3.05) is 4.90 Å². The molecule has 0 aliphatic heterocycles. The fraction of sp³-hybridized carbons (Fsp3) is 0.0286. The Kier molecular flexibility index (Phi) is 10.4. The van der Waals surface area contributed by atoms with Crippen molar-refractivity contribution in [1.29, 1.82) is 0 Å². The summed E-state index contributed by atoms with van der Waals surface area (Å²) in [5.41, 5.74) is 21.2. The van der Waals surface area contributed by atoms with Crippen molar-refractivity contribution in [2.45, 2.75) is 12.3 Å². The zero-order chi connectivity index (χ0) is 47.3. The molecule has 1 heteroatoms. The highest BCUT2D eigenvalue weighted by Gasteiger charge is 2.46. The molecule has 0 heterocycles. The van der Waals surface area contributed by atoms with Gasteiger partial charge in [-0.05, 0) is 137 Å². The molecule has 0 saturated carbocycles. The molecule has 0 unspecified atom stereocenters. The Morgan fingerprint density at radius 2 is 0.732 bits per heavy atom. The number of fused-ring (bicyclic) bond motifs is 6. The molecule has 0 radical (unpaired) electrons. The smallest absolute Gasteiger partial charge is 0.0713 e. The summed E-state index contributed by atoms with van der Waals surface area (Å²) in [6.45, 7) is 2.20. The molecule has 1 nitrogen and oxygen atoms in total. The predicted octanol–water partition coefficient (Wildman–Crippen LogP) is 18.8. The van der Waals surface area contributed by atoms with Gasteiger partial charge in [-0.2, -0.15) is 0 Å². The molecule has 0 spiro atoms. The van der Waals surface area contributed by atoms with Gasteiger partial charge in [-0.25, -0.2) is 0 Å². The van der Waals surface area contributed by atoms with Crippen LogP contribution in [-0.4, -0.2) is 0 Å². The predicted molar refractivity (Wildman–Crippen MR) is 300 cm³/mol. The number of nitrogens with zero attached hydrogens (tertiary/aromatic N) is 1. The van der Waals surface area contributed by atoms with Crippen LogP contribution in [0.5, 0.6) is 0 Å². The zero-order valence-corrected chi connectivity index (χ0v) is 39.5. The van der Waals surface area contributed by atoms with Gasteiger partial charge in [-0.3, -0.25) is 0 Å². The van der Waals surface area contributed by atoms with Crippen molar-refractivity contribution in [3.05, 3.63) is 307 Å². The van der Waals surface area contributed by atoms with Gasteiger partial charge in [0.2, 0.25) is 0 Å². The van der Waals surface area contributed by atoms with Gasteiger partial charge < -0.3 is 4.90 Å². The molecule has 0 atom stereocenters. The molecule has 0 amide bonds. The lowest BCUT2D eigenvalue weighted by molar-refractivity contribution is 0.768. The van der Waals surface area contributed by atoms with Gasteiger partial charge in [0.05, 0.1) is 11.1 Å². The third kappa shape index (κ3) is 6.92. The van der Waals surface area contributed by atoms with Gasteiger partial charge in [-0.1, -0.05) is 249 Å². The maximum absolute atomic E-state index is 2.48. The molecule has 0 fully saturated rings. The van der Waals surface area contributed by atoms with Crippen LogP contribution in [0.25, 0.3) is 77.2 Å². The average Bonchev–Trinajstić information content (AvgIpc) is 3.74. The highest BCUT2D eigenvalue weighted by molar-refractivity contribution is 6.13. The van der Waals surface area contributed by atoms with Crippen LogP contribution in [0.4, 0.5) is 17.1 Å². The summed E-state index contributed by atoms with van der Waals surface area (Å²) in [5.74, 6) is 0. The van der Waals surface area contributed by atoms with Crippen LogP contribution in [0.15, 0.2) is 279 Å². The molecule has 0 aromatic heterocycles. The van der Waals surface area contributed by atoms with E-state index in [0.717, 1.165) is 22.6 Å². The van der Waals surface area contributed by atoms with Crippen molar-refractivity contribution in [2.24, 2.45) is 0 Å². The van der Waals surface area contributed by atoms with Gasteiger partial charge in [-0.15, -0.1) is 0 Å². The topological polar surface area (TPSA) is 3.24 Å². The molecule has 1 aliphatic rings. The first-order valence-corrected chi connectivity index (χ1v) is 24.7. The Morgan fingerprint density at radius 1 is 0.268 bits per heavy atom. The molecule has 334 valence electrons. The molecule has 13 rings (SSSR count). The molecule has 0 N–H and O–H groups in total. The summed E-state index contributed by atoms with van der Waals surface area (Å²) in [6.07, 6.45) is 0. The number of rotatable bonds is 9. The number of hydrogen-bond donors (Lipinski definition) is 0. The summed E-state index contributed by atoms with van der Waals surface area (Å²) >= 11 is 0. The fourth-order valence-corrected chi connectivity index (χ4v) is 11.8. The Hall–Kier alpha value is -9.04. The highest BCUT2D eigenvalue weighted by Crippen LogP contribution is 2.57. The fourth-order valence-electron chi connectivity index (χ4n) is 11.8. The van der Waals surface area contributed by atoms with Crippen molar-refractivity contribution in [3.8, 4) is 55.6 Å². The summed E-state index contributed by atoms with van der Waals surface area (Å²) in [4.78, 5) is 2.48. The minimum atomic E-state index is -0.495. The van der Waals surface area contributed by atoms with Gasteiger partial charge in [0, 0.05) is 16.9 Å². The summed E-state index contributed by atoms with van der Waals surface area (Å²) in [5, 5.41) is 5.12. The van der Waals surface area contributed by atoms with Crippen molar-refractivity contribution in [3.63, 3.8) is 0 Å². The van der Waals surface area contributed by atoms with Crippen LogP contribution in [0, 0.1) is 6.92 Å². The van der Waals surface area contributed by atoms with Gasteiger partial charge in [0.25, 0.3) is 0 Å². The summed E-state index contributed by atoms with van der Waals surface area (Å²) in [7, 11) is 0. The first kappa shape index (κ1) is 42.1. The Morgan fingerprint density at radius 3 is 1.42 bits per heavy atom. The van der Waals surface area contributed by atoms with Gasteiger partial charge in [0.15, 0.2) is 0 Å². The minimum Gasteiger partial charge on any atom is -0.310 e. The minimum absolute atomic E-state index is 0.495. The zero-order valence-electron chi connectivity index (χ0n) is 39.5. The molecule has 0 bridgehead atoms. The third-order valence-corrected chi connectivity index (χ3v) is 14.9. The van der Waals surface area contributed by atoms with E-state index in [2.05, 4.69) is 291 Å². The monoisotopic (exact) mass is 903 g/mol. The number of anilines is 3. The van der Waals surface area contributed by atoms with Crippen LogP contribution in [0.2, 0.25) is 0 Å². The Bertz CT molecular complexity index is 3890. The largest absolute Gasteiger partial charge is 0.310 e. The second-order valence-corrected chi connectivity index (χ2v) is 18.8. The van der Waals surface area contributed by atoms with E-state index in [1.54, 1.807) is 0 Å². The molecular weight excluding hydrogens is 855 g/mol. The number of aryl methyl sites for hydroxylation is 1. The van der Waals surface area contributed by atoms with Crippen molar-refractivity contribution < 1.29 is 0 Å². The second kappa shape index (κ2) is 17.5. The number of hydrogen-bond acceptors (Lipinski definition) is 1. The van der Waals surface area contributed by atoms with Crippen LogP contribution in [0.1, 0.15) is 27.8 Å². The van der Waals surface area contributed by atoms with Gasteiger partial charge >= 0.3 is 0 Å². The van der Waals surface area contributed by atoms with Crippen molar-refractivity contribution in [1.82, 2.24) is 0 Å². The lowest BCUT2D eigenvalue weighted by atomic mass is 9.68. The molecule has 12 aromatic carbocycles. The van der Waals surface area contributed by atoms with E-state index in [1.807, 2.05) is 0 Å². The molecule has 0 saturated heterocycles. The van der Waals surface area contributed by atoms with E-state index >= 15 is 0 Å². The second-order valence-electron chi connectivity index (χ2n) is 18.8. The maximum atomic E-state index is 2.48. The van der Waals surface area contributed by atoms with Gasteiger partial charge in [0.1, 0.15) is 0 Å². The Balaban J connectivity index is 1.02. The molecule has 12 aromatic rings. The lowest BCUT2D eigenvalue weighted by Crippen LogP contribution is -2.28. The van der Waals surface area contributed by atoms with Crippen LogP contribution >= 0.6 is 0 Å². The van der Waals surface area contributed by atoms with Crippen molar-refractivity contribution >= 4 is 38.6 Å². The van der Waals surface area contributed by atoms with Crippen LogP contribution in [0.3, 0.4) is 0 Å². The normalized spacial score (nSPS) is 12.4. The Labute approximate surface area is 416 Å². The average molecular weight is 904 g/mol. The molecular formula is C70H49N. The third-order valence-electron chi connectivity index (χ3n) is 14.9. The van der Waals surface area contributed by atoms with E-state index in [0.29, 0.717) is 0 Å². The van der Waals surface area contributed by atoms with E-state index < -0.39 is 5.41 Å². The van der Waals surface area contributed by atoms with E-state index in [1.165, 1.54) is 99.4 Å². The number of para-hydroxylation sites is 1. The van der Waals surface area contributed by atoms with Crippen LogP contribution in [-0.2, 0) is 5.41 Å². The first-order valence-electron chi connectivity index (χ1n) is 24.7. The van der Waals surface area contributed by atoms with E-state index in [-0.39, 0.29) is 0 Å². The van der Waals surface area contributed by atoms with E-state index in [4.69, 9.17) is 0 Å². The highest BCUT2D eigenvalue weighted by atomic mass is 15.1. The first-order chi connectivity index (χ1) is 35.2. The molecule has 71 heavy (non-hydrogen) atoms. The lowest BCUT2D eigenvalue weighted by Gasteiger charge is -2.34. The standard InChI is InChI=1S/C70H49N/c1-48-21-19-35-58-55(48)44-45-63-57(34-20-36-61(58)63)50-39-41-53(42-40-50)71(69-38-18-16-33-65(69)62-31-14-13-30-60(62)59-29-12-11-28-56(59)49-22-5-2-6-23-49)54-43-46-68-66(47-54)64-32-15-17-37-67(64)70(68,51-24-7-3-8-25-51)52-26-9-4-10-27-52/h2-47H,1H3. The quantitative estimate of drug-likeness (QED) is 0.130. The SMILES string of the molecule is Cc1cccc2c1ccc1c(-c3ccc(N(c4ccc5c(c4)-c4ccccc4C5(c4ccccc4)c4ccccc4)c4ccccc4-c4ccccc4-c4ccccc4-c4ccccc4)cc3)cccc12. The van der Waals surface area contributed by atoms with E-state index in [9.17, 15) is 0 Å². The summed E-state index contributed by atoms with van der Waals surface area (Å²) < 4.78 is 0. The van der Waals surface area contributed by atoms with Crippen LogP contribution < -0.4 is 4.90 Å². The summed E-state index contributed by atoms with van der Waals surface area (Å²) in [6, 6.07) is 103. The molecule has 1 aliphatic carbocycles. The maximum Gasteiger partial charge on any atom is 0.0713 e.